The van der Waals surface area contributed by atoms with Gasteiger partial charge in [0, 0.05) is 12.7 Å². The molecule has 1 aromatic carbocycles. The van der Waals surface area contributed by atoms with Crippen molar-refractivity contribution in [3.8, 4) is 0 Å². The average Bonchev–Trinajstić information content (AvgIpc) is 2.48. The number of hydrogen-bond acceptors (Lipinski definition) is 4. The summed E-state index contributed by atoms with van der Waals surface area (Å²) in [4.78, 5) is 15.9. The zero-order chi connectivity index (χ0) is 14.5. The van der Waals surface area contributed by atoms with Gasteiger partial charge in [-0.05, 0) is 29.8 Å². The van der Waals surface area contributed by atoms with Gasteiger partial charge in [-0.2, -0.15) is 0 Å². The van der Waals surface area contributed by atoms with Crippen molar-refractivity contribution in [2.45, 2.75) is 6.54 Å². The predicted molar refractivity (Wildman–Crippen MR) is 74.6 cm³/mol. The molecule has 1 amide bonds. The largest absolute Gasteiger partial charge is 0.348 e. The van der Waals surface area contributed by atoms with Crippen LogP contribution in [-0.4, -0.2) is 10.9 Å². The number of anilines is 1. The summed E-state index contributed by atoms with van der Waals surface area (Å²) in [6, 6.07) is 7.48. The molecule has 7 heteroatoms. The maximum atomic E-state index is 13.0. The quantitative estimate of drug-likeness (QED) is 0.596. The molecule has 0 unspecified atom stereocenters. The van der Waals surface area contributed by atoms with E-state index in [1.54, 1.807) is 18.2 Å². The second kappa shape index (κ2) is 6.31. The predicted octanol–water partition coefficient (Wildman–Crippen LogP) is 2.09. The Balaban J connectivity index is 2.06. The van der Waals surface area contributed by atoms with Crippen LogP contribution in [0, 0.1) is 5.82 Å². The van der Waals surface area contributed by atoms with Gasteiger partial charge < -0.3 is 10.7 Å². The van der Waals surface area contributed by atoms with Gasteiger partial charge >= 0.3 is 0 Å². The van der Waals surface area contributed by atoms with E-state index in [9.17, 15) is 9.18 Å². The van der Waals surface area contributed by atoms with Gasteiger partial charge in [0.15, 0.2) is 5.82 Å². The SMILES string of the molecule is NNc1ncccc1C(=O)NCc1ccc(F)c(Cl)c1. The van der Waals surface area contributed by atoms with E-state index in [0.29, 0.717) is 11.1 Å². The number of benzene rings is 1. The lowest BCUT2D eigenvalue weighted by Crippen LogP contribution is -2.25. The van der Waals surface area contributed by atoms with Crippen LogP contribution >= 0.6 is 11.6 Å². The maximum absolute atomic E-state index is 13.0. The number of hydrazine groups is 1. The van der Waals surface area contributed by atoms with E-state index in [2.05, 4.69) is 15.7 Å². The Morgan fingerprint density at radius 2 is 2.20 bits per heavy atom. The van der Waals surface area contributed by atoms with E-state index in [4.69, 9.17) is 17.4 Å². The van der Waals surface area contributed by atoms with Crippen molar-refractivity contribution in [3.05, 3.63) is 58.5 Å². The van der Waals surface area contributed by atoms with Crippen molar-refractivity contribution < 1.29 is 9.18 Å². The monoisotopic (exact) mass is 294 g/mol. The van der Waals surface area contributed by atoms with Gasteiger partial charge in [-0.15, -0.1) is 0 Å². The number of carbonyl (C=O) groups is 1. The molecule has 2 rings (SSSR count). The van der Waals surface area contributed by atoms with Crippen LogP contribution in [-0.2, 0) is 6.54 Å². The van der Waals surface area contributed by atoms with Gasteiger partial charge in [0.05, 0.1) is 10.6 Å². The van der Waals surface area contributed by atoms with Crippen molar-refractivity contribution in [1.82, 2.24) is 10.3 Å². The minimum absolute atomic E-state index is 0.0161. The van der Waals surface area contributed by atoms with Crippen molar-refractivity contribution >= 4 is 23.3 Å². The molecule has 0 radical (unpaired) electrons. The Morgan fingerprint density at radius 3 is 2.90 bits per heavy atom. The molecule has 104 valence electrons. The van der Waals surface area contributed by atoms with Crippen LogP contribution in [0.15, 0.2) is 36.5 Å². The van der Waals surface area contributed by atoms with Crippen LogP contribution in [0.3, 0.4) is 0 Å². The van der Waals surface area contributed by atoms with Gasteiger partial charge in [0.25, 0.3) is 5.91 Å². The molecule has 0 aliphatic rings. The molecule has 4 N–H and O–H groups in total. The van der Waals surface area contributed by atoms with Gasteiger partial charge in [-0.1, -0.05) is 17.7 Å². The Bertz CT molecular complexity index is 636. The third kappa shape index (κ3) is 3.23. The lowest BCUT2D eigenvalue weighted by Gasteiger charge is -2.09. The number of rotatable bonds is 4. The zero-order valence-corrected chi connectivity index (χ0v) is 11.1. The summed E-state index contributed by atoms with van der Waals surface area (Å²) >= 11 is 5.67. The molecular formula is C13H12ClFN4O. The molecule has 0 saturated carbocycles. The fraction of sp³-hybridized carbons (Fsp3) is 0.0769. The molecule has 5 nitrogen and oxygen atoms in total. The normalized spacial score (nSPS) is 10.2. The third-order valence-electron chi connectivity index (χ3n) is 2.63. The van der Waals surface area contributed by atoms with Crippen LogP contribution < -0.4 is 16.6 Å². The van der Waals surface area contributed by atoms with E-state index < -0.39 is 5.82 Å². The molecule has 0 atom stereocenters. The number of nitrogens with zero attached hydrogens (tertiary/aromatic N) is 1. The Kier molecular flexibility index (Phi) is 4.49. The van der Waals surface area contributed by atoms with E-state index in [1.165, 1.54) is 18.3 Å². The van der Waals surface area contributed by atoms with E-state index >= 15 is 0 Å². The highest BCUT2D eigenvalue weighted by Crippen LogP contribution is 2.16. The summed E-state index contributed by atoms with van der Waals surface area (Å²) in [5, 5.41) is 2.70. The Morgan fingerprint density at radius 1 is 1.40 bits per heavy atom. The van der Waals surface area contributed by atoms with E-state index in [-0.39, 0.29) is 23.3 Å². The minimum atomic E-state index is -0.497. The highest BCUT2D eigenvalue weighted by atomic mass is 35.5. The highest BCUT2D eigenvalue weighted by Gasteiger charge is 2.11. The van der Waals surface area contributed by atoms with Crippen LogP contribution in [0.2, 0.25) is 5.02 Å². The topological polar surface area (TPSA) is 80.0 Å². The second-order valence-electron chi connectivity index (χ2n) is 3.98. The molecule has 0 spiro atoms. The molecular weight excluding hydrogens is 283 g/mol. The van der Waals surface area contributed by atoms with E-state index in [1.807, 2.05) is 0 Å². The highest BCUT2D eigenvalue weighted by molar-refractivity contribution is 6.30. The minimum Gasteiger partial charge on any atom is -0.348 e. The lowest BCUT2D eigenvalue weighted by atomic mass is 10.2. The molecule has 2 aromatic rings. The first kappa shape index (κ1) is 14.2. The van der Waals surface area contributed by atoms with Crippen molar-refractivity contribution in [1.29, 1.82) is 0 Å². The van der Waals surface area contributed by atoms with E-state index in [0.717, 1.165) is 0 Å². The Hall–Kier alpha value is -2.18. The fourth-order valence-electron chi connectivity index (χ4n) is 1.63. The molecule has 0 aliphatic carbocycles. The van der Waals surface area contributed by atoms with Gasteiger partial charge in [-0.25, -0.2) is 15.2 Å². The second-order valence-corrected chi connectivity index (χ2v) is 4.38. The number of halogens is 2. The number of amides is 1. The van der Waals surface area contributed by atoms with Crippen LogP contribution in [0.25, 0.3) is 0 Å². The molecule has 0 aliphatic heterocycles. The fourth-order valence-corrected chi connectivity index (χ4v) is 1.83. The number of pyridine rings is 1. The summed E-state index contributed by atoms with van der Waals surface area (Å²) in [6.07, 6.45) is 1.52. The summed E-state index contributed by atoms with van der Waals surface area (Å²) in [7, 11) is 0. The van der Waals surface area contributed by atoms with Crippen molar-refractivity contribution in [3.63, 3.8) is 0 Å². The number of nitrogens with two attached hydrogens (primary N) is 1. The number of hydrogen-bond donors (Lipinski definition) is 3. The maximum Gasteiger partial charge on any atom is 0.255 e. The van der Waals surface area contributed by atoms with Crippen LogP contribution in [0.4, 0.5) is 10.2 Å². The van der Waals surface area contributed by atoms with Crippen molar-refractivity contribution in [2.75, 3.05) is 5.43 Å². The number of aromatic nitrogens is 1. The summed E-state index contributed by atoms with van der Waals surface area (Å²) in [6.45, 7) is 0.220. The van der Waals surface area contributed by atoms with Crippen molar-refractivity contribution in [2.24, 2.45) is 5.84 Å². The first-order valence-electron chi connectivity index (χ1n) is 5.75. The summed E-state index contributed by atoms with van der Waals surface area (Å²) in [5.41, 5.74) is 3.36. The van der Waals surface area contributed by atoms with Gasteiger partial charge in [-0.3, -0.25) is 4.79 Å². The lowest BCUT2D eigenvalue weighted by molar-refractivity contribution is 0.0951. The molecule has 0 saturated heterocycles. The third-order valence-corrected chi connectivity index (χ3v) is 2.92. The molecule has 1 aromatic heterocycles. The molecule has 0 fully saturated rings. The number of nitrogen functional groups attached to an aromatic ring is 1. The first-order chi connectivity index (χ1) is 9.61. The Labute approximate surface area is 119 Å². The first-order valence-corrected chi connectivity index (χ1v) is 6.13. The van der Waals surface area contributed by atoms with Gasteiger partial charge in [0.2, 0.25) is 0 Å². The average molecular weight is 295 g/mol. The summed E-state index contributed by atoms with van der Waals surface area (Å²) in [5.74, 6) is 4.72. The zero-order valence-electron chi connectivity index (χ0n) is 10.4. The smallest absolute Gasteiger partial charge is 0.255 e. The van der Waals surface area contributed by atoms with Crippen LogP contribution in [0.1, 0.15) is 15.9 Å². The van der Waals surface area contributed by atoms with Crippen LogP contribution in [0.5, 0.6) is 0 Å². The number of carbonyl (C=O) groups excluding carboxylic acids is 1. The molecule has 0 bridgehead atoms. The van der Waals surface area contributed by atoms with Gasteiger partial charge in [0.1, 0.15) is 5.82 Å². The number of nitrogens with one attached hydrogen (secondary N) is 2. The standard InChI is InChI=1S/C13H12ClFN4O/c14-10-6-8(3-4-11(10)15)7-18-13(20)9-2-1-5-17-12(9)19-16/h1-6H,7,16H2,(H,17,19)(H,18,20). The molecule has 1 heterocycles. The molecule has 20 heavy (non-hydrogen) atoms. The summed E-state index contributed by atoms with van der Waals surface area (Å²) < 4.78 is 13.0.